The molecule has 4 N–H and O–H groups in total. The number of nitrogens with zero attached hydrogens (tertiary/aromatic N) is 1. The number of hydrogen-bond acceptors (Lipinski definition) is 3. The Hall–Kier alpha value is -1.77. The largest absolute Gasteiger partial charge is 0.397 e. The van der Waals surface area contributed by atoms with Crippen molar-refractivity contribution in [2.75, 3.05) is 11.5 Å². The zero-order valence-corrected chi connectivity index (χ0v) is 11.2. The summed E-state index contributed by atoms with van der Waals surface area (Å²) in [7, 11) is 0. The number of pyridine rings is 1. The van der Waals surface area contributed by atoms with Gasteiger partial charge in [0.15, 0.2) is 0 Å². The van der Waals surface area contributed by atoms with Gasteiger partial charge in [0.25, 0.3) is 0 Å². The van der Waals surface area contributed by atoms with Crippen molar-refractivity contribution in [3.8, 4) is 0 Å². The Morgan fingerprint density at radius 1 is 1.06 bits per heavy atom. The van der Waals surface area contributed by atoms with Crippen LogP contribution in [0.4, 0.5) is 11.4 Å². The lowest BCUT2D eigenvalue weighted by molar-refractivity contribution is 0.879. The molecular weight excluding hydrogens is 222 g/mol. The van der Waals surface area contributed by atoms with Gasteiger partial charge in [-0.1, -0.05) is 38.8 Å². The second-order valence-corrected chi connectivity index (χ2v) is 4.69. The molecule has 0 radical (unpaired) electrons. The van der Waals surface area contributed by atoms with Gasteiger partial charge in [0.1, 0.15) is 0 Å². The predicted octanol–water partition coefficient (Wildman–Crippen LogP) is 3.30. The van der Waals surface area contributed by atoms with Gasteiger partial charge < -0.3 is 11.5 Å². The topological polar surface area (TPSA) is 64.9 Å². The molecule has 3 heteroatoms. The summed E-state index contributed by atoms with van der Waals surface area (Å²) in [5, 5.41) is 1.11. The minimum atomic E-state index is 0.738. The van der Waals surface area contributed by atoms with Crippen LogP contribution in [0.1, 0.15) is 37.9 Å². The van der Waals surface area contributed by atoms with Gasteiger partial charge >= 0.3 is 0 Å². The molecule has 2 rings (SSSR count). The molecule has 1 heterocycles. The molecule has 1 aromatic heterocycles. The van der Waals surface area contributed by atoms with Crippen LogP contribution in [0.25, 0.3) is 10.9 Å². The summed E-state index contributed by atoms with van der Waals surface area (Å²) in [4.78, 5) is 4.66. The number of nitrogens with two attached hydrogens (primary N) is 2. The molecule has 0 fully saturated rings. The van der Waals surface area contributed by atoms with Gasteiger partial charge in [-0.25, -0.2) is 4.98 Å². The maximum Gasteiger partial charge on any atom is 0.0938 e. The van der Waals surface area contributed by atoms with E-state index in [2.05, 4.69) is 24.9 Å². The summed E-state index contributed by atoms with van der Waals surface area (Å²) in [5.74, 6) is 0. The number of para-hydroxylation sites is 1. The quantitative estimate of drug-likeness (QED) is 0.810. The average Bonchev–Trinajstić information content (AvgIpc) is 2.36. The van der Waals surface area contributed by atoms with Gasteiger partial charge in [0, 0.05) is 5.39 Å². The lowest BCUT2D eigenvalue weighted by atomic mass is 9.99. The number of hydrogen-bond donors (Lipinski definition) is 2. The van der Waals surface area contributed by atoms with Crippen LogP contribution in [0.5, 0.6) is 0 Å². The van der Waals surface area contributed by atoms with Crippen LogP contribution in [0, 0.1) is 0 Å². The maximum atomic E-state index is 6.27. The number of aryl methyl sites for hydroxylation is 2. The molecule has 0 unspecified atom stereocenters. The number of rotatable bonds is 4. The number of benzene rings is 1. The Kier molecular flexibility index (Phi) is 3.70. The Morgan fingerprint density at radius 2 is 1.78 bits per heavy atom. The highest BCUT2D eigenvalue weighted by molar-refractivity contribution is 5.94. The molecule has 18 heavy (non-hydrogen) atoms. The average molecular weight is 243 g/mol. The fourth-order valence-electron chi connectivity index (χ4n) is 2.39. The van der Waals surface area contributed by atoms with E-state index in [4.69, 9.17) is 11.5 Å². The first kappa shape index (κ1) is 12.7. The van der Waals surface area contributed by atoms with Gasteiger partial charge in [-0.15, -0.1) is 0 Å². The third-order valence-electron chi connectivity index (χ3n) is 3.26. The number of fused-ring (bicyclic) bond motifs is 1. The van der Waals surface area contributed by atoms with Crippen LogP contribution >= 0.6 is 0 Å². The van der Waals surface area contributed by atoms with E-state index in [1.165, 1.54) is 5.56 Å². The van der Waals surface area contributed by atoms with E-state index in [0.717, 1.165) is 53.7 Å². The first-order valence-electron chi connectivity index (χ1n) is 6.64. The first-order chi connectivity index (χ1) is 8.69. The number of nitrogen functional groups attached to an aromatic ring is 2. The van der Waals surface area contributed by atoms with E-state index in [9.17, 15) is 0 Å². The molecule has 0 bridgehead atoms. The first-order valence-corrected chi connectivity index (χ1v) is 6.64. The summed E-state index contributed by atoms with van der Waals surface area (Å²) in [6.07, 6.45) is 4.00. The van der Waals surface area contributed by atoms with E-state index in [0.29, 0.717) is 0 Å². The molecule has 0 spiro atoms. The highest BCUT2D eigenvalue weighted by Gasteiger charge is 2.12. The van der Waals surface area contributed by atoms with E-state index >= 15 is 0 Å². The standard InChI is InChI=1S/C15H21N3/c1-3-6-10-11-8-5-9-12(16)15(11)18-13(7-4-2)14(10)17/h5,8-9H,3-4,6-7,16-17H2,1-2H3. The number of anilines is 2. The molecule has 0 aliphatic heterocycles. The summed E-state index contributed by atoms with van der Waals surface area (Å²) >= 11 is 0. The van der Waals surface area contributed by atoms with Gasteiger partial charge in [-0.3, -0.25) is 0 Å². The van der Waals surface area contributed by atoms with E-state index in [-0.39, 0.29) is 0 Å². The van der Waals surface area contributed by atoms with Crippen molar-refractivity contribution < 1.29 is 0 Å². The fraction of sp³-hybridized carbons (Fsp3) is 0.400. The zero-order chi connectivity index (χ0) is 13.1. The molecule has 0 saturated carbocycles. The summed E-state index contributed by atoms with van der Waals surface area (Å²) < 4.78 is 0. The molecule has 3 nitrogen and oxygen atoms in total. The molecule has 0 saturated heterocycles. The van der Waals surface area contributed by atoms with Gasteiger partial charge in [-0.2, -0.15) is 0 Å². The predicted molar refractivity (Wildman–Crippen MR) is 78.6 cm³/mol. The van der Waals surface area contributed by atoms with Gasteiger partial charge in [-0.05, 0) is 24.5 Å². The lowest BCUT2D eigenvalue weighted by Gasteiger charge is -2.14. The second-order valence-electron chi connectivity index (χ2n) is 4.69. The van der Waals surface area contributed by atoms with Crippen molar-refractivity contribution in [2.45, 2.75) is 39.5 Å². The molecule has 2 aromatic rings. The summed E-state index contributed by atoms with van der Waals surface area (Å²) in [6.45, 7) is 4.30. The number of aromatic nitrogens is 1. The minimum absolute atomic E-state index is 0.738. The van der Waals surface area contributed by atoms with Crippen LogP contribution in [-0.2, 0) is 12.8 Å². The molecule has 0 amide bonds. The van der Waals surface area contributed by atoms with E-state index in [1.54, 1.807) is 0 Å². The zero-order valence-electron chi connectivity index (χ0n) is 11.2. The smallest absolute Gasteiger partial charge is 0.0938 e. The molecule has 96 valence electrons. The molecule has 0 aliphatic rings. The van der Waals surface area contributed by atoms with Gasteiger partial charge in [0.05, 0.1) is 22.6 Å². The van der Waals surface area contributed by atoms with Crippen LogP contribution in [0.15, 0.2) is 18.2 Å². The lowest BCUT2D eigenvalue weighted by Crippen LogP contribution is -2.05. The molecule has 1 aromatic carbocycles. The fourth-order valence-corrected chi connectivity index (χ4v) is 2.39. The molecule has 0 aliphatic carbocycles. The van der Waals surface area contributed by atoms with Crippen LogP contribution in [0.2, 0.25) is 0 Å². The summed E-state index contributed by atoms with van der Waals surface area (Å²) in [5.41, 5.74) is 17.0. The van der Waals surface area contributed by atoms with Crippen molar-refractivity contribution in [1.82, 2.24) is 4.98 Å². The Balaban J connectivity index is 2.74. The van der Waals surface area contributed by atoms with Crippen molar-refractivity contribution in [1.29, 1.82) is 0 Å². The molecular formula is C15H21N3. The van der Waals surface area contributed by atoms with Crippen molar-refractivity contribution in [2.24, 2.45) is 0 Å². The Bertz CT molecular complexity index is 561. The highest BCUT2D eigenvalue weighted by Crippen LogP contribution is 2.30. The van der Waals surface area contributed by atoms with Crippen LogP contribution < -0.4 is 11.5 Å². The van der Waals surface area contributed by atoms with E-state index < -0.39 is 0 Å². The van der Waals surface area contributed by atoms with Crippen LogP contribution in [-0.4, -0.2) is 4.98 Å². The van der Waals surface area contributed by atoms with Gasteiger partial charge in [0.2, 0.25) is 0 Å². The van der Waals surface area contributed by atoms with Crippen molar-refractivity contribution in [3.63, 3.8) is 0 Å². The highest BCUT2D eigenvalue weighted by atomic mass is 14.8. The molecule has 0 atom stereocenters. The maximum absolute atomic E-state index is 6.27. The summed E-state index contributed by atoms with van der Waals surface area (Å²) in [6, 6.07) is 5.93. The van der Waals surface area contributed by atoms with Crippen molar-refractivity contribution in [3.05, 3.63) is 29.5 Å². The SMILES string of the molecule is CCCc1nc2c(N)cccc2c(CCC)c1N. The third-order valence-corrected chi connectivity index (χ3v) is 3.26. The minimum Gasteiger partial charge on any atom is -0.397 e. The van der Waals surface area contributed by atoms with Crippen molar-refractivity contribution >= 4 is 22.3 Å². The Labute approximate surface area is 108 Å². The van der Waals surface area contributed by atoms with Crippen LogP contribution in [0.3, 0.4) is 0 Å². The monoisotopic (exact) mass is 243 g/mol. The van der Waals surface area contributed by atoms with E-state index in [1.807, 2.05) is 12.1 Å². The normalized spacial score (nSPS) is 11.0. The third kappa shape index (κ3) is 2.13. The second kappa shape index (κ2) is 5.25. The Morgan fingerprint density at radius 3 is 2.44 bits per heavy atom.